The van der Waals surface area contributed by atoms with Crippen LogP contribution < -0.4 is 10.6 Å². The van der Waals surface area contributed by atoms with Gasteiger partial charge in [-0.2, -0.15) is 4.98 Å². The van der Waals surface area contributed by atoms with Crippen LogP contribution in [-0.4, -0.2) is 20.1 Å². The van der Waals surface area contributed by atoms with Crippen LogP contribution in [0.1, 0.15) is 29.3 Å². The molecule has 1 atom stereocenters. The Balaban J connectivity index is 1.34. The Morgan fingerprint density at radius 2 is 2.00 bits per heavy atom. The van der Waals surface area contributed by atoms with Gasteiger partial charge in [0.05, 0.1) is 17.9 Å². The van der Waals surface area contributed by atoms with E-state index in [1.807, 2.05) is 49.5 Å². The lowest BCUT2D eigenvalue weighted by Gasteiger charge is -2.07. The second-order valence-electron chi connectivity index (χ2n) is 6.42. The Labute approximate surface area is 166 Å². The van der Waals surface area contributed by atoms with Gasteiger partial charge in [-0.05, 0) is 26.0 Å². The number of thiazole rings is 1. The van der Waals surface area contributed by atoms with Crippen LogP contribution in [0.4, 0.5) is 10.8 Å². The molecule has 142 valence electrons. The summed E-state index contributed by atoms with van der Waals surface area (Å²) in [5.74, 6) is 1.16. The average molecular weight is 392 g/mol. The molecule has 28 heavy (non-hydrogen) atoms. The zero-order valence-electron chi connectivity index (χ0n) is 15.6. The fourth-order valence-corrected chi connectivity index (χ4v) is 3.36. The predicted molar refractivity (Wildman–Crippen MR) is 109 cm³/mol. The zero-order chi connectivity index (χ0) is 19.3. The normalized spacial score (nSPS) is 12.1. The third-order valence-corrected chi connectivity index (χ3v) is 5.08. The minimum absolute atomic E-state index is 0.0662. The lowest BCUT2D eigenvalue weighted by molar-refractivity contribution is 0.339. The molecule has 2 N–H and O–H groups in total. The van der Waals surface area contributed by atoms with Gasteiger partial charge in [0.2, 0.25) is 11.7 Å². The van der Waals surface area contributed by atoms with Crippen molar-refractivity contribution >= 4 is 22.2 Å². The number of anilines is 2. The van der Waals surface area contributed by atoms with E-state index in [-0.39, 0.29) is 6.04 Å². The van der Waals surface area contributed by atoms with Gasteiger partial charge in [-0.1, -0.05) is 35.0 Å². The molecule has 0 fully saturated rings. The highest BCUT2D eigenvalue weighted by Crippen LogP contribution is 2.23. The number of hydrogen-bond donors (Lipinski definition) is 2. The van der Waals surface area contributed by atoms with E-state index in [9.17, 15) is 0 Å². The third kappa shape index (κ3) is 4.41. The summed E-state index contributed by atoms with van der Waals surface area (Å²) in [6, 6.07) is 11.8. The molecular weight excluding hydrogens is 372 g/mol. The SMILES string of the molecule is Cc1ccc(-c2noc([C@H](C)NCc3cnc(Nc4cccnc4)s3)n2)cc1. The summed E-state index contributed by atoms with van der Waals surface area (Å²) in [6.07, 6.45) is 5.36. The molecular formula is C20H20N6OS. The average Bonchev–Trinajstić information content (AvgIpc) is 3.37. The summed E-state index contributed by atoms with van der Waals surface area (Å²) in [6.45, 7) is 4.71. The molecule has 3 heterocycles. The summed E-state index contributed by atoms with van der Waals surface area (Å²) >= 11 is 1.59. The van der Waals surface area contributed by atoms with Crippen molar-refractivity contribution in [1.29, 1.82) is 0 Å². The van der Waals surface area contributed by atoms with Gasteiger partial charge >= 0.3 is 0 Å². The Hall–Kier alpha value is -3.10. The van der Waals surface area contributed by atoms with Gasteiger partial charge in [0.1, 0.15) is 0 Å². The van der Waals surface area contributed by atoms with Gasteiger partial charge in [0.25, 0.3) is 0 Å². The van der Waals surface area contributed by atoms with Gasteiger partial charge in [0.15, 0.2) is 5.13 Å². The first-order valence-electron chi connectivity index (χ1n) is 8.93. The maximum atomic E-state index is 5.43. The van der Waals surface area contributed by atoms with Crippen molar-refractivity contribution in [2.45, 2.75) is 26.4 Å². The molecule has 0 aliphatic heterocycles. The number of aryl methyl sites for hydroxylation is 1. The van der Waals surface area contributed by atoms with Crippen LogP contribution >= 0.6 is 11.3 Å². The lowest BCUT2D eigenvalue weighted by atomic mass is 10.1. The predicted octanol–water partition coefficient (Wildman–Crippen LogP) is 4.49. The Morgan fingerprint density at radius 3 is 2.79 bits per heavy atom. The smallest absolute Gasteiger partial charge is 0.243 e. The number of hydrogen-bond acceptors (Lipinski definition) is 8. The standard InChI is InChI=1S/C20H20N6OS/c1-13-5-7-15(8-6-13)18-25-19(27-26-18)14(2)22-11-17-12-23-20(28-17)24-16-4-3-9-21-10-16/h3-10,12,14,22H,11H2,1-2H3,(H,23,24)/t14-/m0/s1. The number of nitrogens with zero attached hydrogens (tertiary/aromatic N) is 4. The molecule has 0 unspecified atom stereocenters. The topological polar surface area (TPSA) is 88.8 Å². The number of rotatable bonds is 7. The van der Waals surface area contributed by atoms with Crippen molar-refractivity contribution in [3.63, 3.8) is 0 Å². The molecule has 0 spiro atoms. The van der Waals surface area contributed by atoms with Crippen molar-refractivity contribution in [2.24, 2.45) is 0 Å². The van der Waals surface area contributed by atoms with Gasteiger partial charge in [0, 0.05) is 29.4 Å². The Bertz CT molecular complexity index is 1030. The van der Waals surface area contributed by atoms with E-state index in [0.29, 0.717) is 18.3 Å². The summed E-state index contributed by atoms with van der Waals surface area (Å²) in [7, 11) is 0. The lowest BCUT2D eigenvalue weighted by Crippen LogP contribution is -2.17. The van der Waals surface area contributed by atoms with Gasteiger partial charge in [-0.25, -0.2) is 4.98 Å². The number of pyridine rings is 1. The molecule has 0 amide bonds. The monoisotopic (exact) mass is 392 g/mol. The van der Waals surface area contributed by atoms with Crippen LogP contribution in [0.3, 0.4) is 0 Å². The van der Waals surface area contributed by atoms with Crippen LogP contribution in [0.2, 0.25) is 0 Å². The number of benzene rings is 1. The maximum Gasteiger partial charge on any atom is 0.243 e. The molecule has 0 bridgehead atoms. The zero-order valence-corrected chi connectivity index (χ0v) is 16.4. The highest BCUT2D eigenvalue weighted by molar-refractivity contribution is 7.15. The van der Waals surface area contributed by atoms with Crippen molar-refractivity contribution in [2.75, 3.05) is 5.32 Å². The minimum atomic E-state index is -0.0662. The second-order valence-corrected chi connectivity index (χ2v) is 7.54. The fraction of sp³-hybridized carbons (Fsp3) is 0.200. The van der Waals surface area contributed by atoms with E-state index < -0.39 is 0 Å². The van der Waals surface area contributed by atoms with Crippen molar-refractivity contribution in [3.8, 4) is 11.4 Å². The van der Waals surface area contributed by atoms with Crippen LogP contribution in [0.5, 0.6) is 0 Å². The van der Waals surface area contributed by atoms with E-state index in [2.05, 4.69) is 37.7 Å². The van der Waals surface area contributed by atoms with E-state index in [4.69, 9.17) is 4.52 Å². The molecule has 4 aromatic rings. The van der Waals surface area contributed by atoms with Gasteiger partial charge < -0.3 is 15.2 Å². The maximum absolute atomic E-state index is 5.43. The molecule has 1 aromatic carbocycles. The highest BCUT2D eigenvalue weighted by atomic mass is 32.1. The van der Waals surface area contributed by atoms with Crippen LogP contribution in [0, 0.1) is 6.92 Å². The first-order chi connectivity index (χ1) is 13.7. The first-order valence-corrected chi connectivity index (χ1v) is 9.75. The quantitative estimate of drug-likeness (QED) is 0.479. The van der Waals surface area contributed by atoms with Crippen molar-refractivity contribution in [1.82, 2.24) is 25.4 Å². The first kappa shape index (κ1) is 18.3. The van der Waals surface area contributed by atoms with Crippen molar-refractivity contribution in [3.05, 3.63) is 71.3 Å². The molecule has 0 aliphatic carbocycles. The largest absolute Gasteiger partial charge is 0.337 e. The summed E-state index contributed by atoms with van der Waals surface area (Å²) in [5.41, 5.74) is 3.06. The molecule has 0 aliphatic rings. The van der Waals surface area contributed by atoms with Crippen LogP contribution in [-0.2, 0) is 6.54 Å². The molecule has 3 aromatic heterocycles. The summed E-state index contributed by atoms with van der Waals surface area (Å²) in [4.78, 5) is 14.1. The number of aromatic nitrogens is 4. The summed E-state index contributed by atoms with van der Waals surface area (Å²) < 4.78 is 5.43. The highest BCUT2D eigenvalue weighted by Gasteiger charge is 2.15. The molecule has 8 heteroatoms. The van der Waals surface area contributed by atoms with E-state index in [0.717, 1.165) is 21.3 Å². The fourth-order valence-electron chi connectivity index (χ4n) is 2.58. The number of nitrogens with one attached hydrogen (secondary N) is 2. The summed E-state index contributed by atoms with van der Waals surface area (Å²) in [5, 5.41) is 11.6. The van der Waals surface area contributed by atoms with Crippen molar-refractivity contribution < 1.29 is 4.52 Å². The van der Waals surface area contributed by atoms with Gasteiger partial charge in [-0.3, -0.25) is 4.98 Å². The minimum Gasteiger partial charge on any atom is -0.337 e. The second kappa shape index (κ2) is 8.28. The van der Waals surface area contributed by atoms with E-state index in [1.165, 1.54) is 5.56 Å². The Kier molecular flexibility index (Phi) is 5.41. The Morgan fingerprint density at radius 1 is 1.14 bits per heavy atom. The molecule has 0 saturated carbocycles. The molecule has 4 rings (SSSR count). The van der Waals surface area contributed by atoms with Crippen LogP contribution in [0.15, 0.2) is 59.5 Å². The molecule has 7 nitrogen and oxygen atoms in total. The van der Waals surface area contributed by atoms with Gasteiger partial charge in [-0.15, -0.1) is 11.3 Å². The molecule has 0 saturated heterocycles. The van der Waals surface area contributed by atoms with E-state index in [1.54, 1.807) is 23.7 Å². The van der Waals surface area contributed by atoms with Crippen LogP contribution in [0.25, 0.3) is 11.4 Å². The van der Waals surface area contributed by atoms with E-state index >= 15 is 0 Å². The third-order valence-electron chi connectivity index (χ3n) is 4.17. The molecule has 0 radical (unpaired) electrons.